The van der Waals surface area contributed by atoms with Gasteiger partial charge in [0.1, 0.15) is 10.6 Å². The highest BCUT2D eigenvalue weighted by Crippen LogP contribution is 2.30. The molecule has 0 aromatic heterocycles. The summed E-state index contributed by atoms with van der Waals surface area (Å²) in [7, 11) is -2.33. The lowest BCUT2D eigenvalue weighted by molar-refractivity contribution is 0.402. The molecule has 0 bridgehead atoms. The van der Waals surface area contributed by atoms with Crippen molar-refractivity contribution >= 4 is 26.0 Å². The molecule has 15 heavy (non-hydrogen) atoms. The molecule has 1 aromatic rings. The minimum atomic E-state index is -3.75. The monoisotopic (exact) mass is 293 g/mol. The van der Waals surface area contributed by atoms with Crippen LogP contribution in [0.1, 0.15) is 12.5 Å². The van der Waals surface area contributed by atoms with Crippen molar-refractivity contribution in [1.82, 2.24) is 0 Å². The molecule has 6 heteroatoms. The normalized spacial score (nSPS) is 11.5. The first-order chi connectivity index (χ1) is 6.90. The van der Waals surface area contributed by atoms with Crippen molar-refractivity contribution in [3.05, 3.63) is 22.2 Å². The van der Waals surface area contributed by atoms with Gasteiger partial charge in [0.2, 0.25) is 10.0 Å². The van der Waals surface area contributed by atoms with Crippen molar-refractivity contribution < 1.29 is 13.2 Å². The second kappa shape index (κ2) is 4.51. The van der Waals surface area contributed by atoms with Crippen molar-refractivity contribution in [2.45, 2.75) is 18.2 Å². The number of primary sulfonamides is 1. The van der Waals surface area contributed by atoms with Crippen LogP contribution in [0.2, 0.25) is 0 Å². The Balaban J connectivity index is 3.48. The fourth-order valence-electron chi connectivity index (χ4n) is 1.23. The highest BCUT2D eigenvalue weighted by molar-refractivity contribution is 9.10. The van der Waals surface area contributed by atoms with Gasteiger partial charge in [0.05, 0.1) is 7.11 Å². The maximum atomic E-state index is 11.2. The van der Waals surface area contributed by atoms with E-state index < -0.39 is 10.0 Å². The summed E-state index contributed by atoms with van der Waals surface area (Å²) in [5.41, 5.74) is 0.972. The van der Waals surface area contributed by atoms with Crippen molar-refractivity contribution in [2.75, 3.05) is 7.11 Å². The van der Waals surface area contributed by atoms with Crippen LogP contribution in [0.5, 0.6) is 5.75 Å². The Morgan fingerprint density at radius 2 is 2.07 bits per heavy atom. The number of sulfonamides is 1. The van der Waals surface area contributed by atoms with Crippen molar-refractivity contribution in [3.8, 4) is 5.75 Å². The topological polar surface area (TPSA) is 69.4 Å². The Hall–Kier alpha value is -0.590. The zero-order chi connectivity index (χ0) is 11.6. The summed E-state index contributed by atoms with van der Waals surface area (Å²) in [6.07, 6.45) is 0.780. The molecule has 0 atom stereocenters. The van der Waals surface area contributed by atoms with Gasteiger partial charge in [-0.25, -0.2) is 13.6 Å². The summed E-state index contributed by atoms with van der Waals surface area (Å²) in [4.78, 5) is -0.00549. The molecular weight excluding hydrogens is 282 g/mol. The second-order valence-corrected chi connectivity index (χ2v) is 5.38. The zero-order valence-electron chi connectivity index (χ0n) is 8.45. The van der Waals surface area contributed by atoms with Gasteiger partial charge in [0.25, 0.3) is 0 Å². The van der Waals surface area contributed by atoms with Gasteiger partial charge in [-0.05, 0) is 24.1 Å². The lowest BCUT2D eigenvalue weighted by Gasteiger charge is -2.10. The van der Waals surface area contributed by atoms with Gasteiger partial charge < -0.3 is 4.74 Å². The molecule has 0 aliphatic heterocycles. The van der Waals surface area contributed by atoms with Crippen LogP contribution in [-0.2, 0) is 16.4 Å². The number of aryl methyl sites for hydroxylation is 1. The smallest absolute Gasteiger partial charge is 0.241 e. The molecule has 0 saturated heterocycles. The number of nitrogens with two attached hydrogens (primary N) is 1. The van der Waals surface area contributed by atoms with Crippen LogP contribution in [-0.4, -0.2) is 15.5 Å². The third-order valence-corrected chi connectivity index (χ3v) is 3.69. The molecule has 0 saturated carbocycles. The molecule has 4 nitrogen and oxygen atoms in total. The van der Waals surface area contributed by atoms with Crippen LogP contribution in [0.25, 0.3) is 0 Å². The van der Waals surface area contributed by atoms with Crippen molar-refractivity contribution in [1.29, 1.82) is 0 Å². The van der Waals surface area contributed by atoms with Gasteiger partial charge in [0, 0.05) is 4.47 Å². The quantitative estimate of drug-likeness (QED) is 0.922. The van der Waals surface area contributed by atoms with E-state index in [4.69, 9.17) is 9.88 Å². The third kappa shape index (κ3) is 2.70. The standard InChI is InChI=1S/C9H12BrNO3S/c1-3-6-4-8(14-2)9(5-7(6)10)15(11,12)13/h4-5H,3H2,1-2H3,(H2,11,12,13). The van der Waals surface area contributed by atoms with Crippen molar-refractivity contribution in [2.24, 2.45) is 5.14 Å². The van der Waals surface area contributed by atoms with Gasteiger partial charge >= 0.3 is 0 Å². The Morgan fingerprint density at radius 3 is 2.47 bits per heavy atom. The van der Waals surface area contributed by atoms with Gasteiger partial charge in [-0.1, -0.05) is 22.9 Å². The number of hydrogen-bond acceptors (Lipinski definition) is 3. The Labute approximate surface area is 97.6 Å². The van der Waals surface area contributed by atoms with Gasteiger partial charge in [-0.3, -0.25) is 0 Å². The Morgan fingerprint density at radius 1 is 1.47 bits per heavy atom. The summed E-state index contributed by atoms with van der Waals surface area (Å²) < 4.78 is 28.2. The highest BCUT2D eigenvalue weighted by Gasteiger charge is 2.17. The van der Waals surface area contributed by atoms with Crippen LogP contribution in [0.3, 0.4) is 0 Å². The zero-order valence-corrected chi connectivity index (χ0v) is 10.9. The molecule has 0 fully saturated rings. The Bertz CT molecular complexity index is 470. The number of rotatable bonds is 3. The molecule has 0 radical (unpaired) electrons. The molecule has 0 spiro atoms. The van der Waals surface area contributed by atoms with E-state index >= 15 is 0 Å². The van der Waals surface area contributed by atoms with Gasteiger partial charge in [-0.2, -0.15) is 0 Å². The molecule has 1 aromatic carbocycles. The van der Waals surface area contributed by atoms with E-state index in [2.05, 4.69) is 15.9 Å². The first kappa shape index (κ1) is 12.5. The van der Waals surface area contributed by atoms with E-state index in [0.29, 0.717) is 0 Å². The van der Waals surface area contributed by atoms with E-state index in [9.17, 15) is 8.42 Å². The minimum absolute atomic E-state index is 0.00549. The summed E-state index contributed by atoms with van der Waals surface area (Å²) in [6.45, 7) is 1.97. The van der Waals surface area contributed by atoms with E-state index in [-0.39, 0.29) is 10.6 Å². The van der Waals surface area contributed by atoms with Crippen LogP contribution in [0, 0.1) is 0 Å². The van der Waals surface area contributed by atoms with Crippen molar-refractivity contribution in [3.63, 3.8) is 0 Å². The average molecular weight is 294 g/mol. The lowest BCUT2D eigenvalue weighted by Crippen LogP contribution is -2.13. The largest absolute Gasteiger partial charge is 0.495 e. The average Bonchev–Trinajstić information content (AvgIpc) is 2.16. The molecule has 0 unspecified atom stereocenters. The summed E-state index contributed by atoms with van der Waals surface area (Å²) in [5.74, 6) is 0.276. The molecule has 0 aliphatic rings. The fourth-order valence-corrected chi connectivity index (χ4v) is 2.71. The number of methoxy groups -OCH3 is 1. The molecule has 0 aliphatic carbocycles. The number of halogens is 1. The third-order valence-electron chi connectivity index (χ3n) is 2.02. The maximum Gasteiger partial charge on any atom is 0.241 e. The summed E-state index contributed by atoms with van der Waals surface area (Å²) in [5, 5.41) is 5.06. The van der Waals surface area contributed by atoms with Gasteiger partial charge in [-0.15, -0.1) is 0 Å². The predicted molar refractivity (Wildman–Crippen MR) is 61.4 cm³/mol. The minimum Gasteiger partial charge on any atom is -0.495 e. The van der Waals surface area contributed by atoms with Crippen LogP contribution in [0.15, 0.2) is 21.5 Å². The lowest BCUT2D eigenvalue weighted by atomic mass is 10.2. The molecule has 0 amide bonds. The fraction of sp³-hybridized carbons (Fsp3) is 0.333. The van der Waals surface area contributed by atoms with Gasteiger partial charge in [0.15, 0.2) is 0 Å². The molecular formula is C9H12BrNO3S. The van der Waals surface area contributed by atoms with E-state index in [1.165, 1.54) is 13.2 Å². The maximum absolute atomic E-state index is 11.2. The molecule has 0 heterocycles. The predicted octanol–water partition coefficient (Wildman–Crippen LogP) is 1.67. The van der Waals surface area contributed by atoms with E-state index in [1.54, 1.807) is 6.07 Å². The SMILES string of the molecule is CCc1cc(OC)c(S(N)(=O)=O)cc1Br. The number of ether oxygens (including phenoxy) is 1. The first-order valence-electron chi connectivity index (χ1n) is 4.29. The molecule has 2 N–H and O–H groups in total. The number of hydrogen-bond donors (Lipinski definition) is 1. The van der Waals surface area contributed by atoms with E-state index in [1.807, 2.05) is 6.92 Å². The van der Waals surface area contributed by atoms with Crippen LogP contribution >= 0.6 is 15.9 Å². The first-order valence-corrected chi connectivity index (χ1v) is 6.63. The second-order valence-electron chi connectivity index (χ2n) is 2.99. The summed E-state index contributed by atoms with van der Waals surface area (Å²) in [6, 6.07) is 3.14. The summed E-state index contributed by atoms with van der Waals surface area (Å²) >= 11 is 3.29. The molecule has 1 rings (SSSR count). The Kier molecular flexibility index (Phi) is 3.75. The highest BCUT2D eigenvalue weighted by atomic mass is 79.9. The van der Waals surface area contributed by atoms with E-state index in [0.717, 1.165) is 16.5 Å². The van der Waals surface area contributed by atoms with Crippen LogP contribution in [0.4, 0.5) is 0 Å². The molecule has 84 valence electrons. The number of benzene rings is 1. The van der Waals surface area contributed by atoms with Crippen LogP contribution < -0.4 is 9.88 Å².